The Hall–Kier alpha value is -3.07. The molecule has 140 valence electrons. The van der Waals surface area contributed by atoms with E-state index in [0.717, 1.165) is 4.31 Å². The first kappa shape index (κ1) is 18.7. The van der Waals surface area contributed by atoms with Crippen molar-refractivity contribution in [2.24, 2.45) is 5.11 Å². The predicted molar refractivity (Wildman–Crippen MR) is 103 cm³/mol. The van der Waals surface area contributed by atoms with Crippen molar-refractivity contribution in [3.05, 3.63) is 64.0 Å². The second-order valence-electron chi connectivity index (χ2n) is 6.08. The lowest BCUT2D eigenvalue weighted by Crippen LogP contribution is -2.38. The highest BCUT2D eigenvalue weighted by Crippen LogP contribution is 2.40. The fourth-order valence-corrected chi connectivity index (χ4v) is 4.07. The van der Waals surface area contributed by atoms with Gasteiger partial charge < -0.3 is 5.32 Å². The molecule has 0 bridgehead atoms. The van der Waals surface area contributed by atoms with E-state index in [0.29, 0.717) is 23.4 Å². The Labute approximate surface area is 157 Å². The Balaban J connectivity index is 2.04. The molecule has 9 nitrogen and oxygen atoms in total. The molecule has 0 spiro atoms. The van der Waals surface area contributed by atoms with E-state index < -0.39 is 16.1 Å². The summed E-state index contributed by atoms with van der Waals surface area (Å²) in [6.07, 6.45) is 0.350. The van der Waals surface area contributed by atoms with E-state index in [-0.39, 0.29) is 17.8 Å². The third kappa shape index (κ3) is 3.45. The van der Waals surface area contributed by atoms with Gasteiger partial charge in [0.15, 0.2) is 0 Å². The quantitative estimate of drug-likeness (QED) is 0.483. The SMILES string of the molecule is CN(C)S(=O)(=O)N1CCc2c1ccc(C(=O)Nc1ccccc1)c2N=[N+]=[N-]. The van der Waals surface area contributed by atoms with E-state index >= 15 is 0 Å². The van der Waals surface area contributed by atoms with Crippen LogP contribution in [0.3, 0.4) is 0 Å². The molecule has 1 heterocycles. The zero-order chi connectivity index (χ0) is 19.6. The molecule has 2 aromatic carbocycles. The van der Waals surface area contributed by atoms with Gasteiger partial charge in [0.25, 0.3) is 5.91 Å². The van der Waals surface area contributed by atoms with E-state index in [1.165, 1.54) is 24.5 Å². The number of hydrogen-bond acceptors (Lipinski definition) is 4. The predicted octanol–water partition coefficient (Wildman–Crippen LogP) is 3.05. The summed E-state index contributed by atoms with van der Waals surface area (Å²) in [6, 6.07) is 11.9. The van der Waals surface area contributed by atoms with Gasteiger partial charge in [0, 0.05) is 36.8 Å². The zero-order valence-corrected chi connectivity index (χ0v) is 15.6. The number of hydrogen-bond donors (Lipinski definition) is 1. The Bertz CT molecular complexity index is 1030. The topological polar surface area (TPSA) is 118 Å². The van der Waals surface area contributed by atoms with Crippen LogP contribution in [0, 0.1) is 0 Å². The van der Waals surface area contributed by atoms with Gasteiger partial charge in [-0.15, -0.1) is 0 Å². The van der Waals surface area contributed by atoms with Crippen LogP contribution in [0.15, 0.2) is 47.6 Å². The maximum absolute atomic E-state index is 12.7. The van der Waals surface area contributed by atoms with Crippen molar-refractivity contribution in [3.8, 4) is 0 Å². The summed E-state index contributed by atoms with van der Waals surface area (Å²) in [7, 11) is -0.777. The van der Waals surface area contributed by atoms with Crippen molar-refractivity contribution in [1.82, 2.24) is 4.31 Å². The van der Waals surface area contributed by atoms with Crippen LogP contribution in [-0.2, 0) is 16.6 Å². The molecular weight excluding hydrogens is 368 g/mol. The summed E-state index contributed by atoms with van der Waals surface area (Å²) < 4.78 is 27.4. The first-order chi connectivity index (χ1) is 12.9. The van der Waals surface area contributed by atoms with E-state index in [4.69, 9.17) is 5.53 Å². The summed E-state index contributed by atoms with van der Waals surface area (Å²) >= 11 is 0. The van der Waals surface area contributed by atoms with Crippen LogP contribution in [0.25, 0.3) is 10.4 Å². The molecule has 1 aliphatic heterocycles. The van der Waals surface area contributed by atoms with Gasteiger partial charge in [-0.1, -0.05) is 23.3 Å². The number of benzene rings is 2. The fraction of sp³-hybridized carbons (Fsp3) is 0.235. The first-order valence-corrected chi connectivity index (χ1v) is 9.53. The van der Waals surface area contributed by atoms with Crippen molar-refractivity contribution in [1.29, 1.82) is 0 Å². The Morgan fingerprint density at radius 3 is 2.56 bits per heavy atom. The highest BCUT2D eigenvalue weighted by molar-refractivity contribution is 7.90. The van der Waals surface area contributed by atoms with Gasteiger partial charge in [-0.25, -0.2) is 0 Å². The van der Waals surface area contributed by atoms with Crippen molar-refractivity contribution in [2.45, 2.75) is 6.42 Å². The van der Waals surface area contributed by atoms with E-state index in [1.807, 2.05) is 6.07 Å². The zero-order valence-electron chi connectivity index (χ0n) is 14.8. The van der Waals surface area contributed by atoms with Crippen molar-refractivity contribution in [3.63, 3.8) is 0 Å². The van der Waals surface area contributed by atoms with Crippen molar-refractivity contribution in [2.75, 3.05) is 30.3 Å². The Morgan fingerprint density at radius 2 is 1.93 bits per heavy atom. The number of anilines is 2. The van der Waals surface area contributed by atoms with Gasteiger partial charge in [-0.2, -0.15) is 12.7 Å². The molecule has 3 rings (SSSR count). The van der Waals surface area contributed by atoms with Gasteiger partial charge in [0.1, 0.15) is 0 Å². The van der Waals surface area contributed by atoms with Crippen molar-refractivity contribution < 1.29 is 13.2 Å². The monoisotopic (exact) mass is 386 g/mol. The Kier molecular flexibility index (Phi) is 5.04. The molecular formula is C17H18N6O3S. The van der Waals surface area contributed by atoms with Gasteiger partial charge >= 0.3 is 10.2 Å². The summed E-state index contributed by atoms with van der Waals surface area (Å²) in [4.78, 5) is 15.5. The molecule has 10 heteroatoms. The molecule has 27 heavy (non-hydrogen) atoms. The number of nitrogens with one attached hydrogen (secondary N) is 1. The minimum absolute atomic E-state index is 0.153. The van der Waals surface area contributed by atoms with Crippen LogP contribution < -0.4 is 9.62 Å². The third-order valence-electron chi connectivity index (χ3n) is 4.25. The second kappa shape index (κ2) is 7.28. The molecule has 0 radical (unpaired) electrons. The number of rotatable bonds is 5. The van der Waals surface area contributed by atoms with Gasteiger partial charge in [0.2, 0.25) is 0 Å². The summed E-state index contributed by atoms with van der Waals surface area (Å²) in [5.41, 5.74) is 10.9. The molecule has 2 aromatic rings. The number of azide groups is 1. The van der Waals surface area contributed by atoms with Crippen LogP contribution in [0.2, 0.25) is 0 Å². The average molecular weight is 386 g/mol. The summed E-state index contributed by atoms with van der Waals surface area (Å²) in [5.74, 6) is -0.430. The van der Waals surface area contributed by atoms with Crippen LogP contribution in [-0.4, -0.2) is 39.3 Å². The minimum atomic E-state index is -3.67. The van der Waals surface area contributed by atoms with E-state index in [9.17, 15) is 13.2 Å². The number of carbonyl (C=O) groups is 1. The van der Waals surface area contributed by atoms with E-state index in [2.05, 4.69) is 15.3 Å². The first-order valence-electron chi connectivity index (χ1n) is 8.14. The molecule has 0 aliphatic carbocycles. The minimum Gasteiger partial charge on any atom is -0.322 e. The lowest BCUT2D eigenvalue weighted by molar-refractivity contribution is 0.102. The standard InChI is InChI=1S/C17H18N6O3S/c1-22(2)27(25,26)23-11-10-13-15(23)9-8-14(16(13)20-21-18)17(24)19-12-6-4-3-5-7-12/h3-9H,10-11H2,1-2H3,(H,19,24). The number of nitrogens with zero attached hydrogens (tertiary/aromatic N) is 5. The van der Waals surface area contributed by atoms with Crippen molar-refractivity contribution >= 4 is 33.2 Å². The average Bonchev–Trinajstić information content (AvgIpc) is 3.08. The molecule has 0 unspecified atom stereocenters. The van der Waals surface area contributed by atoms with E-state index in [1.54, 1.807) is 30.3 Å². The number of para-hydroxylation sites is 1. The molecule has 0 aromatic heterocycles. The highest BCUT2D eigenvalue weighted by atomic mass is 32.2. The lowest BCUT2D eigenvalue weighted by Gasteiger charge is -2.23. The molecule has 0 fully saturated rings. The smallest absolute Gasteiger partial charge is 0.303 e. The third-order valence-corrected chi connectivity index (χ3v) is 6.11. The summed E-state index contributed by atoms with van der Waals surface area (Å²) in [5, 5.41) is 6.43. The van der Waals surface area contributed by atoms with Crippen LogP contribution in [0.5, 0.6) is 0 Å². The lowest BCUT2D eigenvalue weighted by atomic mass is 10.0. The number of amides is 1. The molecule has 1 amide bonds. The van der Waals surface area contributed by atoms with Crippen LogP contribution >= 0.6 is 0 Å². The van der Waals surface area contributed by atoms with Gasteiger partial charge in [-0.05, 0) is 41.8 Å². The maximum Gasteiger partial charge on any atom is 0.303 e. The fourth-order valence-electron chi connectivity index (χ4n) is 2.94. The molecule has 0 saturated heterocycles. The molecule has 1 aliphatic rings. The van der Waals surface area contributed by atoms with Crippen LogP contribution in [0.4, 0.5) is 17.1 Å². The number of fused-ring (bicyclic) bond motifs is 1. The largest absolute Gasteiger partial charge is 0.322 e. The van der Waals surface area contributed by atoms with Gasteiger partial charge in [-0.3, -0.25) is 9.10 Å². The molecule has 1 N–H and O–H groups in total. The second-order valence-corrected chi connectivity index (χ2v) is 8.15. The number of carbonyl (C=O) groups excluding carboxylic acids is 1. The van der Waals surface area contributed by atoms with Gasteiger partial charge in [0.05, 0.1) is 11.4 Å². The highest BCUT2D eigenvalue weighted by Gasteiger charge is 2.33. The molecule has 0 atom stereocenters. The van der Waals surface area contributed by atoms with Crippen LogP contribution in [0.1, 0.15) is 15.9 Å². The molecule has 0 saturated carbocycles. The normalized spacial score (nSPS) is 13.2. The Morgan fingerprint density at radius 1 is 1.22 bits per heavy atom. The summed E-state index contributed by atoms with van der Waals surface area (Å²) in [6.45, 7) is 0.216. The maximum atomic E-state index is 12.7.